The van der Waals surface area contributed by atoms with E-state index in [9.17, 15) is 8.42 Å². The van der Waals surface area contributed by atoms with Crippen molar-refractivity contribution < 1.29 is 17.2 Å². The first kappa shape index (κ1) is 10.4. The molecule has 13 heavy (non-hydrogen) atoms. The van der Waals surface area contributed by atoms with Gasteiger partial charge in [-0.15, -0.1) is 0 Å². The smallest absolute Gasteiger partial charge is 0.264 e. The van der Waals surface area contributed by atoms with Gasteiger partial charge in [-0.1, -0.05) is 23.8 Å². The summed E-state index contributed by atoms with van der Waals surface area (Å²) in [5.41, 5.74) is 0.101. The van der Waals surface area contributed by atoms with Crippen molar-refractivity contribution in [3.63, 3.8) is 0 Å². The molecule has 0 radical (unpaired) electrons. The summed E-state index contributed by atoms with van der Waals surface area (Å²) in [6, 6.07) is 0. The van der Waals surface area contributed by atoms with Crippen LogP contribution in [-0.4, -0.2) is 18.6 Å². The first-order valence-electron chi connectivity index (χ1n) is 3.85. The van der Waals surface area contributed by atoms with E-state index in [-0.39, 0.29) is 0 Å². The van der Waals surface area contributed by atoms with Crippen LogP contribution < -0.4 is 0 Å². The zero-order valence-corrected chi connectivity index (χ0v) is 8.34. The molecule has 0 aliphatic heterocycles. The van der Waals surface area contributed by atoms with Crippen LogP contribution in [0.15, 0.2) is 23.8 Å². The molecule has 1 N–H and O–H groups in total. The average molecular weight is 204 g/mol. The van der Waals surface area contributed by atoms with Crippen molar-refractivity contribution in [3.05, 3.63) is 23.8 Å². The fourth-order valence-electron chi connectivity index (χ4n) is 1.11. The Morgan fingerprint density at radius 2 is 2.23 bits per heavy atom. The van der Waals surface area contributed by atoms with Gasteiger partial charge in [-0.05, 0) is 20.3 Å². The highest BCUT2D eigenvalue weighted by molar-refractivity contribution is 7.80. The molecule has 4 nitrogen and oxygen atoms in total. The fourth-order valence-corrected chi connectivity index (χ4v) is 1.71. The van der Waals surface area contributed by atoms with E-state index in [4.69, 9.17) is 4.55 Å². The summed E-state index contributed by atoms with van der Waals surface area (Å²) in [5.74, 6) is 0. The Balaban J connectivity index is 2.77. The molecule has 0 bridgehead atoms. The van der Waals surface area contributed by atoms with Crippen molar-refractivity contribution >= 4 is 10.4 Å². The molecule has 0 fully saturated rings. The van der Waals surface area contributed by atoms with Gasteiger partial charge in [0.15, 0.2) is 0 Å². The molecule has 0 saturated carbocycles. The second kappa shape index (κ2) is 3.25. The Bertz CT molecular complexity index is 352. The van der Waals surface area contributed by atoms with Crippen LogP contribution in [0.4, 0.5) is 0 Å². The van der Waals surface area contributed by atoms with E-state index < -0.39 is 16.0 Å². The van der Waals surface area contributed by atoms with Crippen LogP contribution in [-0.2, 0) is 14.6 Å². The predicted octanol–water partition coefficient (Wildman–Crippen LogP) is 1.47. The van der Waals surface area contributed by atoms with Gasteiger partial charge in [-0.25, -0.2) is 4.18 Å². The molecule has 1 atom stereocenters. The fraction of sp³-hybridized carbons (Fsp3) is 0.500. The molecule has 1 unspecified atom stereocenters. The van der Waals surface area contributed by atoms with Gasteiger partial charge >= 0.3 is 10.4 Å². The summed E-state index contributed by atoms with van der Waals surface area (Å²) in [5, 5.41) is 0. The molecule has 1 rings (SSSR count). The van der Waals surface area contributed by atoms with Gasteiger partial charge < -0.3 is 0 Å². The van der Waals surface area contributed by atoms with E-state index in [1.54, 1.807) is 19.1 Å². The summed E-state index contributed by atoms with van der Waals surface area (Å²) in [7, 11) is -4.38. The normalized spacial score (nSPS) is 28.7. The molecule has 0 aromatic carbocycles. The predicted molar refractivity (Wildman–Crippen MR) is 48.6 cm³/mol. The Kier molecular flexibility index (Phi) is 2.61. The van der Waals surface area contributed by atoms with Crippen molar-refractivity contribution in [2.45, 2.75) is 25.9 Å². The van der Waals surface area contributed by atoms with Gasteiger partial charge in [0, 0.05) is 0 Å². The van der Waals surface area contributed by atoms with Crippen LogP contribution >= 0.6 is 0 Å². The van der Waals surface area contributed by atoms with Gasteiger partial charge in [-0.2, -0.15) is 8.42 Å². The third-order valence-electron chi connectivity index (χ3n) is 1.82. The molecule has 1 aliphatic rings. The van der Waals surface area contributed by atoms with E-state index in [1.165, 1.54) is 0 Å². The molecule has 0 aromatic heterocycles. The van der Waals surface area contributed by atoms with Crippen LogP contribution in [0.1, 0.15) is 20.3 Å². The zero-order chi connectivity index (χ0) is 10.1. The van der Waals surface area contributed by atoms with Crippen LogP contribution in [0.5, 0.6) is 0 Å². The third kappa shape index (κ3) is 3.30. The summed E-state index contributed by atoms with van der Waals surface area (Å²) < 4.78 is 33.9. The lowest BCUT2D eigenvalue weighted by atomic mass is 9.95. The maximum Gasteiger partial charge on any atom is 0.398 e. The summed E-state index contributed by atoms with van der Waals surface area (Å²) >= 11 is 0. The SMILES string of the molecule is CC1=CCC(C)(OS(=O)(=O)O)C=C1. The van der Waals surface area contributed by atoms with E-state index in [0.717, 1.165) is 5.57 Å². The minimum Gasteiger partial charge on any atom is -0.264 e. The lowest BCUT2D eigenvalue weighted by Crippen LogP contribution is -2.29. The largest absolute Gasteiger partial charge is 0.398 e. The van der Waals surface area contributed by atoms with Gasteiger partial charge in [0.2, 0.25) is 0 Å². The number of hydrogen-bond acceptors (Lipinski definition) is 3. The second-order valence-corrected chi connectivity index (χ2v) is 4.33. The lowest BCUT2D eigenvalue weighted by Gasteiger charge is -2.25. The van der Waals surface area contributed by atoms with Crippen molar-refractivity contribution in [2.75, 3.05) is 0 Å². The molecule has 0 saturated heterocycles. The number of allylic oxidation sites excluding steroid dienone is 2. The highest BCUT2D eigenvalue weighted by atomic mass is 32.3. The zero-order valence-electron chi connectivity index (χ0n) is 7.52. The highest BCUT2D eigenvalue weighted by Crippen LogP contribution is 2.25. The maximum absolute atomic E-state index is 10.5. The van der Waals surface area contributed by atoms with Crippen LogP contribution in [0.3, 0.4) is 0 Å². The Labute approximate surface area is 77.9 Å². The van der Waals surface area contributed by atoms with Gasteiger partial charge in [-0.3, -0.25) is 4.55 Å². The standard InChI is InChI=1S/C8H12O4S/c1-7-3-5-8(2,6-4-7)12-13(9,10)11/h3-5H,6H2,1-2H3,(H,9,10,11). The summed E-state index contributed by atoms with van der Waals surface area (Å²) in [6.07, 6.45) is 5.67. The van der Waals surface area contributed by atoms with E-state index in [0.29, 0.717) is 6.42 Å². The first-order valence-corrected chi connectivity index (χ1v) is 5.21. The third-order valence-corrected chi connectivity index (χ3v) is 2.42. The highest BCUT2D eigenvalue weighted by Gasteiger charge is 2.28. The molecule has 0 spiro atoms. The Hall–Kier alpha value is -0.650. The molecule has 0 aromatic rings. The first-order chi connectivity index (χ1) is 5.81. The molecule has 0 amide bonds. The average Bonchev–Trinajstić information content (AvgIpc) is 1.92. The van der Waals surface area contributed by atoms with E-state index >= 15 is 0 Å². The Morgan fingerprint density at radius 1 is 1.62 bits per heavy atom. The van der Waals surface area contributed by atoms with Crippen molar-refractivity contribution in [1.82, 2.24) is 0 Å². The van der Waals surface area contributed by atoms with Crippen LogP contribution in [0.2, 0.25) is 0 Å². The summed E-state index contributed by atoms with van der Waals surface area (Å²) in [6.45, 7) is 3.50. The van der Waals surface area contributed by atoms with Gasteiger partial charge in [0.05, 0.1) is 0 Å². The van der Waals surface area contributed by atoms with Gasteiger partial charge in [0.1, 0.15) is 5.60 Å². The quantitative estimate of drug-likeness (QED) is 0.692. The molecular weight excluding hydrogens is 192 g/mol. The number of hydrogen-bond donors (Lipinski definition) is 1. The monoisotopic (exact) mass is 204 g/mol. The molecular formula is C8H12O4S. The molecule has 0 heterocycles. The molecule has 5 heteroatoms. The lowest BCUT2D eigenvalue weighted by molar-refractivity contribution is 0.129. The molecule has 1 aliphatic carbocycles. The van der Waals surface area contributed by atoms with Gasteiger partial charge in [0.25, 0.3) is 0 Å². The topological polar surface area (TPSA) is 63.6 Å². The van der Waals surface area contributed by atoms with Crippen molar-refractivity contribution in [3.8, 4) is 0 Å². The maximum atomic E-state index is 10.5. The minimum atomic E-state index is -4.38. The second-order valence-electron chi connectivity index (χ2n) is 3.31. The van der Waals surface area contributed by atoms with Crippen LogP contribution in [0, 0.1) is 0 Å². The van der Waals surface area contributed by atoms with E-state index in [1.807, 2.05) is 13.0 Å². The summed E-state index contributed by atoms with van der Waals surface area (Å²) in [4.78, 5) is 0. The molecule has 74 valence electrons. The Morgan fingerprint density at radius 3 is 2.62 bits per heavy atom. The minimum absolute atomic E-state index is 0.440. The van der Waals surface area contributed by atoms with Crippen molar-refractivity contribution in [2.24, 2.45) is 0 Å². The number of rotatable bonds is 2. The van der Waals surface area contributed by atoms with E-state index in [2.05, 4.69) is 4.18 Å². The van der Waals surface area contributed by atoms with Crippen molar-refractivity contribution in [1.29, 1.82) is 0 Å². The van der Waals surface area contributed by atoms with Crippen LogP contribution in [0.25, 0.3) is 0 Å².